The molecule has 1 aliphatic rings. The fourth-order valence-corrected chi connectivity index (χ4v) is 2.10. The lowest BCUT2D eigenvalue weighted by Gasteiger charge is -2.29. The Hall–Kier alpha value is -1.16. The minimum absolute atomic E-state index is 0.415. The summed E-state index contributed by atoms with van der Waals surface area (Å²) in [4.78, 5) is 7.20. The number of rotatable bonds is 5. The van der Waals surface area contributed by atoms with E-state index in [1.807, 2.05) is 12.1 Å². The molecule has 0 atom stereocenters. The molecule has 1 fully saturated rings. The third-order valence-corrected chi connectivity index (χ3v) is 3.32. The summed E-state index contributed by atoms with van der Waals surface area (Å²) in [5, 5.41) is 0. The average molecular weight is 249 g/mol. The van der Waals surface area contributed by atoms with E-state index >= 15 is 0 Å². The number of pyridine rings is 1. The Kier molecular flexibility index (Phi) is 3.62. The van der Waals surface area contributed by atoms with E-state index < -0.39 is 0 Å². The summed E-state index contributed by atoms with van der Waals surface area (Å²) in [5.41, 5.74) is 6.65. The Morgan fingerprint density at radius 2 is 2.29 bits per heavy atom. The number of thiocarbonyl (C=S) groups is 1. The SMILES string of the molecule is CC(C)N(CC1CC1)c1ncccc1C(N)=S. The lowest BCUT2D eigenvalue weighted by Crippen LogP contribution is -2.35. The first-order valence-electron chi connectivity index (χ1n) is 6.11. The maximum Gasteiger partial charge on any atom is 0.139 e. The van der Waals surface area contributed by atoms with E-state index in [9.17, 15) is 0 Å². The van der Waals surface area contributed by atoms with Crippen molar-refractivity contribution in [3.8, 4) is 0 Å². The van der Waals surface area contributed by atoms with Gasteiger partial charge in [0.2, 0.25) is 0 Å². The molecule has 0 amide bonds. The van der Waals surface area contributed by atoms with E-state index in [-0.39, 0.29) is 0 Å². The van der Waals surface area contributed by atoms with Gasteiger partial charge in [-0.05, 0) is 44.7 Å². The normalized spacial score (nSPS) is 15.0. The summed E-state index contributed by atoms with van der Waals surface area (Å²) in [6, 6.07) is 4.25. The van der Waals surface area contributed by atoms with Gasteiger partial charge in [0, 0.05) is 18.8 Å². The second-order valence-corrected chi connectivity index (χ2v) is 5.37. The van der Waals surface area contributed by atoms with E-state index in [0.717, 1.165) is 23.8 Å². The molecule has 0 aliphatic heterocycles. The number of anilines is 1. The molecule has 2 rings (SSSR count). The molecule has 0 aromatic carbocycles. The number of nitrogens with two attached hydrogens (primary N) is 1. The number of hydrogen-bond acceptors (Lipinski definition) is 3. The Bertz CT molecular complexity index is 413. The standard InChI is InChI=1S/C13H19N3S/c1-9(2)16(8-10-5-6-10)13-11(12(14)17)4-3-7-15-13/h3-4,7,9-10H,5-6,8H2,1-2H3,(H2,14,17). The molecular weight excluding hydrogens is 230 g/mol. The number of nitrogens with zero attached hydrogens (tertiary/aromatic N) is 2. The van der Waals surface area contributed by atoms with Crippen molar-refractivity contribution in [2.75, 3.05) is 11.4 Å². The third-order valence-electron chi connectivity index (χ3n) is 3.10. The molecule has 0 bridgehead atoms. The van der Waals surface area contributed by atoms with Crippen LogP contribution in [0.15, 0.2) is 18.3 Å². The molecule has 92 valence electrons. The van der Waals surface area contributed by atoms with Gasteiger partial charge in [0.15, 0.2) is 0 Å². The van der Waals surface area contributed by atoms with Crippen molar-refractivity contribution in [3.63, 3.8) is 0 Å². The highest BCUT2D eigenvalue weighted by Gasteiger charge is 2.27. The second-order valence-electron chi connectivity index (χ2n) is 4.93. The molecule has 0 saturated heterocycles. The molecule has 0 radical (unpaired) electrons. The van der Waals surface area contributed by atoms with Crippen molar-refractivity contribution in [1.82, 2.24) is 4.98 Å². The fourth-order valence-electron chi connectivity index (χ4n) is 1.94. The zero-order valence-corrected chi connectivity index (χ0v) is 11.2. The summed E-state index contributed by atoms with van der Waals surface area (Å²) in [7, 11) is 0. The minimum Gasteiger partial charge on any atom is -0.389 e. The molecule has 1 aromatic rings. The van der Waals surface area contributed by atoms with Crippen LogP contribution in [0.5, 0.6) is 0 Å². The lowest BCUT2D eigenvalue weighted by molar-refractivity contribution is 0.636. The van der Waals surface area contributed by atoms with Crippen molar-refractivity contribution in [2.24, 2.45) is 11.7 Å². The first-order chi connectivity index (χ1) is 8.09. The van der Waals surface area contributed by atoms with E-state index in [2.05, 4.69) is 23.7 Å². The molecule has 2 N–H and O–H groups in total. The number of hydrogen-bond donors (Lipinski definition) is 1. The first kappa shape index (κ1) is 12.3. The zero-order valence-electron chi connectivity index (χ0n) is 10.4. The van der Waals surface area contributed by atoms with Gasteiger partial charge in [0.25, 0.3) is 0 Å². The van der Waals surface area contributed by atoms with Crippen LogP contribution < -0.4 is 10.6 Å². The molecule has 1 aromatic heterocycles. The van der Waals surface area contributed by atoms with Crippen LogP contribution in [0.1, 0.15) is 32.3 Å². The van der Waals surface area contributed by atoms with E-state index in [1.54, 1.807) is 6.20 Å². The number of aromatic nitrogens is 1. The van der Waals surface area contributed by atoms with Crippen LogP contribution in [0.3, 0.4) is 0 Å². The van der Waals surface area contributed by atoms with Crippen LogP contribution in [0, 0.1) is 5.92 Å². The summed E-state index contributed by atoms with van der Waals surface area (Å²) < 4.78 is 0. The highest BCUT2D eigenvalue weighted by molar-refractivity contribution is 7.80. The van der Waals surface area contributed by atoms with Gasteiger partial charge < -0.3 is 10.6 Å². The molecule has 0 spiro atoms. The quantitative estimate of drug-likeness (QED) is 0.813. The van der Waals surface area contributed by atoms with Gasteiger partial charge in [0.05, 0.1) is 5.56 Å². The Morgan fingerprint density at radius 3 is 2.82 bits per heavy atom. The Labute approximate surface area is 108 Å². The van der Waals surface area contributed by atoms with E-state index in [1.165, 1.54) is 12.8 Å². The van der Waals surface area contributed by atoms with Gasteiger partial charge in [-0.25, -0.2) is 4.98 Å². The summed E-state index contributed by atoms with van der Waals surface area (Å²) >= 11 is 5.10. The summed E-state index contributed by atoms with van der Waals surface area (Å²) in [6.07, 6.45) is 4.47. The van der Waals surface area contributed by atoms with Crippen molar-refractivity contribution in [3.05, 3.63) is 23.9 Å². The Morgan fingerprint density at radius 1 is 1.59 bits per heavy atom. The van der Waals surface area contributed by atoms with Gasteiger partial charge in [0.1, 0.15) is 10.8 Å². The third kappa shape index (κ3) is 2.94. The molecule has 3 nitrogen and oxygen atoms in total. The van der Waals surface area contributed by atoms with Crippen LogP contribution in [0.4, 0.5) is 5.82 Å². The van der Waals surface area contributed by atoms with Crippen LogP contribution in [0.25, 0.3) is 0 Å². The fraction of sp³-hybridized carbons (Fsp3) is 0.538. The summed E-state index contributed by atoms with van der Waals surface area (Å²) in [6.45, 7) is 5.42. The maximum absolute atomic E-state index is 5.76. The molecule has 1 aliphatic carbocycles. The second kappa shape index (κ2) is 5.00. The smallest absolute Gasteiger partial charge is 0.139 e. The van der Waals surface area contributed by atoms with Crippen LogP contribution in [0.2, 0.25) is 0 Å². The van der Waals surface area contributed by atoms with Crippen molar-refractivity contribution in [2.45, 2.75) is 32.7 Å². The molecule has 1 heterocycles. The first-order valence-corrected chi connectivity index (χ1v) is 6.52. The molecule has 1 saturated carbocycles. The van der Waals surface area contributed by atoms with Gasteiger partial charge in [-0.3, -0.25) is 0 Å². The highest BCUT2D eigenvalue weighted by atomic mass is 32.1. The highest BCUT2D eigenvalue weighted by Crippen LogP contribution is 2.32. The molecule has 0 unspecified atom stereocenters. The van der Waals surface area contributed by atoms with Crippen molar-refractivity contribution < 1.29 is 0 Å². The van der Waals surface area contributed by atoms with Gasteiger partial charge in [-0.1, -0.05) is 12.2 Å². The average Bonchev–Trinajstić information content (AvgIpc) is 3.09. The minimum atomic E-state index is 0.415. The van der Waals surface area contributed by atoms with E-state index in [0.29, 0.717) is 11.0 Å². The monoisotopic (exact) mass is 249 g/mol. The summed E-state index contributed by atoms with van der Waals surface area (Å²) in [5.74, 6) is 1.75. The predicted molar refractivity (Wildman–Crippen MR) is 75.3 cm³/mol. The van der Waals surface area contributed by atoms with Crippen LogP contribution in [-0.2, 0) is 0 Å². The molecular formula is C13H19N3S. The van der Waals surface area contributed by atoms with E-state index in [4.69, 9.17) is 18.0 Å². The van der Waals surface area contributed by atoms with Crippen LogP contribution in [-0.4, -0.2) is 22.6 Å². The van der Waals surface area contributed by atoms with Crippen LogP contribution >= 0.6 is 12.2 Å². The largest absolute Gasteiger partial charge is 0.389 e. The van der Waals surface area contributed by atoms with Gasteiger partial charge in [-0.2, -0.15) is 0 Å². The van der Waals surface area contributed by atoms with Crippen molar-refractivity contribution in [1.29, 1.82) is 0 Å². The predicted octanol–water partition coefficient (Wildman–Crippen LogP) is 2.34. The maximum atomic E-state index is 5.76. The van der Waals surface area contributed by atoms with Gasteiger partial charge in [-0.15, -0.1) is 0 Å². The van der Waals surface area contributed by atoms with Gasteiger partial charge >= 0.3 is 0 Å². The Balaban J connectivity index is 2.30. The molecule has 17 heavy (non-hydrogen) atoms. The molecule has 4 heteroatoms. The zero-order chi connectivity index (χ0) is 12.4. The van der Waals surface area contributed by atoms with Crippen molar-refractivity contribution >= 4 is 23.0 Å². The lowest BCUT2D eigenvalue weighted by atomic mass is 10.2. The topological polar surface area (TPSA) is 42.2 Å².